The molecule has 0 fully saturated rings. The lowest BCUT2D eigenvalue weighted by atomic mass is 10.0. The molecule has 0 saturated carbocycles. The van der Waals surface area contributed by atoms with Crippen LogP contribution in [0.1, 0.15) is 322 Å². The average Bonchev–Trinajstić information content (AvgIpc) is 3.32. The van der Waals surface area contributed by atoms with Crippen molar-refractivity contribution in [2.24, 2.45) is 0 Å². The summed E-state index contributed by atoms with van der Waals surface area (Å²) in [5.41, 5.74) is 0. The standard InChI is InChI=1S/C60H115NO5/c1-3-5-7-9-11-13-15-16-26-30-34-38-42-46-50-54-60(65)66-55-51-47-43-39-35-31-28-25-23-21-19-17-18-20-22-24-27-29-33-37-41-45-49-53-59(64)61-57(56-62)58(63)52-48-44-40-36-32-14-12-10-8-6-4-2/h20,22,48,52,57-58,62-63H,3-19,21,23-47,49-51,53-56H2,1-2H3,(H,61,64)/b22-20-,52-48+. The highest BCUT2D eigenvalue weighted by Gasteiger charge is 2.18. The molecule has 0 aromatic heterocycles. The van der Waals surface area contributed by atoms with Gasteiger partial charge in [0.2, 0.25) is 5.91 Å². The molecule has 0 rings (SSSR count). The van der Waals surface area contributed by atoms with Gasteiger partial charge in [0.25, 0.3) is 0 Å². The van der Waals surface area contributed by atoms with E-state index in [1.165, 1.54) is 250 Å². The van der Waals surface area contributed by atoms with E-state index in [2.05, 4.69) is 31.3 Å². The van der Waals surface area contributed by atoms with Crippen LogP contribution in [0.3, 0.4) is 0 Å². The van der Waals surface area contributed by atoms with Gasteiger partial charge in [0.1, 0.15) is 0 Å². The van der Waals surface area contributed by atoms with Crippen LogP contribution in [0, 0.1) is 0 Å². The highest BCUT2D eigenvalue weighted by Crippen LogP contribution is 2.17. The third-order valence-corrected chi connectivity index (χ3v) is 13.7. The molecule has 0 aliphatic heterocycles. The summed E-state index contributed by atoms with van der Waals surface area (Å²) in [5, 5.41) is 23.0. The first-order valence-electron chi connectivity index (χ1n) is 29.6. The molecule has 0 spiro atoms. The molecular formula is C60H115NO5. The lowest BCUT2D eigenvalue weighted by molar-refractivity contribution is -0.143. The number of nitrogens with one attached hydrogen (secondary N) is 1. The van der Waals surface area contributed by atoms with Gasteiger partial charge < -0.3 is 20.3 Å². The van der Waals surface area contributed by atoms with E-state index in [-0.39, 0.29) is 18.5 Å². The molecule has 6 heteroatoms. The Labute approximate surface area is 411 Å². The van der Waals surface area contributed by atoms with Crippen LogP contribution >= 0.6 is 0 Å². The minimum absolute atomic E-state index is 0.0139. The first kappa shape index (κ1) is 64.3. The highest BCUT2D eigenvalue weighted by molar-refractivity contribution is 5.76. The van der Waals surface area contributed by atoms with E-state index in [0.717, 1.165) is 44.9 Å². The fourth-order valence-corrected chi connectivity index (χ4v) is 9.16. The SMILES string of the molecule is CCCCCCCCCCC/C=C/C(O)C(CO)NC(=O)CCCCCCCCC/C=C\CCCCCCCCCCCCCCOC(=O)CCCCCCCCCCCCCCCCC. The highest BCUT2D eigenvalue weighted by atomic mass is 16.5. The molecule has 6 nitrogen and oxygen atoms in total. The molecule has 3 N–H and O–H groups in total. The van der Waals surface area contributed by atoms with Crippen LogP contribution in [-0.2, 0) is 14.3 Å². The van der Waals surface area contributed by atoms with Crippen molar-refractivity contribution in [2.45, 2.75) is 334 Å². The number of aliphatic hydroxyl groups excluding tert-OH is 2. The first-order chi connectivity index (χ1) is 32.5. The van der Waals surface area contributed by atoms with Gasteiger partial charge in [-0.1, -0.05) is 276 Å². The molecule has 2 atom stereocenters. The van der Waals surface area contributed by atoms with Crippen molar-refractivity contribution in [1.29, 1.82) is 0 Å². The second kappa shape index (κ2) is 55.9. The van der Waals surface area contributed by atoms with Crippen molar-refractivity contribution in [3.63, 3.8) is 0 Å². The number of hydrogen-bond acceptors (Lipinski definition) is 5. The lowest BCUT2D eigenvalue weighted by Gasteiger charge is -2.20. The van der Waals surface area contributed by atoms with Crippen molar-refractivity contribution >= 4 is 11.9 Å². The third kappa shape index (κ3) is 51.7. The van der Waals surface area contributed by atoms with Crippen molar-refractivity contribution in [3.8, 4) is 0 Å². The van der Waals surface area contributed by atoms with Crippen molar-refractivity contribution in [1.82, 2.24) is 5.32 Å². The van der Waals surface area contributed by atoms with E-state index in [4.69, 9.17) is 4.74 Å². The Morgan fingerprint density at radius 2 is 0.712 bits per heavy atom. The summed E-state index contributed by atoms with van der Waals surface area (Å²) in [5.74, 6) is -0.0611. The number of ether oxygens (including phenoxy) is 1. The van der Waals surface area contributed by atoms with Crippen LogP contribution < -0.4 is 5.32 Å². The zero-order valence-electron chi connectivity index (χ0n) is 44.4. The summed E-state index contributed by atoms with van der Waals surface area (Å²) in [4.78, 5) is 24.5. The molecule has 0 bridgehead atoms. The second-order valence-electron chi connectivity index (χ2n) is 20.3. The number of allylic oxidation sites excluding steroid dienone is 3. The Bertz CT molecular complexity index is 1030. The van der Waals surface area contributed by atoms with Crippen LogP contribution in [0.4, 0.5) is 0 Å². The largest absolute Gasteiger partial charge is 0.466 e. The summed E-state index contributed by atoms with van der Waals surface area (Å²) in [6.07, 6.45) is 67.8. The van der Waals surface area contributed by atoms with Crippen LogP contribution in [0.25, 0.3) is 0 Å². The molecule has 0 aromatic rings. The minimum Gasteiger partial charge on any atom is -0.466 e. The Morgan fingerprint density at radius 1 is 0.409 bits per heavy atom. The van der Waals surface area contributed by atoms with E-state index >= 15 is 0 Å². The molecular weight excluding hydrogens is 815 g/mol. The minimum atomic E-state index is -0.846. The van der Waals surface area contributed by atoms with E-state index in [9.17, 15) is 19.8 Å². The van der Waals surface area contributed by atoms with Gasteiger partial charge in [-0.15, -0.1) is 0 Å². The van der Waals surface area contributed by atoms with Gasteiger partial charge >= 0.3 is 5.97 Å². The zero-order valence-corrected chi connectivity index (χ0v) is 44.4. The maximum atomic E-state index is 12.4. The summed E-state index contributed by atoms with van der Waals surface area (Å²) in [6.45, 7) is 4.90. The Balaban J connectivity index is 3.40. The maximum absolute atomic E-state index is 12.4. The van der Waals surface area contributed by atoms with Crippen LogP contribution in [0.15, 0.2) is 24.3 Å². The zero-order chi connectivity index (χ0) is 47.9. The molecule has 0 aliphatic carbocycles. The van der Waals surface area contributed by atoms with E-state index in [1.807, 2.05) is 6.08 Å². The molecule has 0 saturated heterocycles. The van der Waals surface area contributed by atoms with Gasteiger partial charge in [-0.25, -0.2) is 0 Å². The molecule has 390 valence electrons. The van der Waals surface area contributed by atoms with E-state index < -0.39 is 12.1 Å². The second-order valence-corrected chi connectivity index (χ2v) is 20.3. The summed E-state index contributed by atoms with van der Waals surface area (Å²) < 4.78 is 5.49. The van der Waals surface area contributed by atoms with E-state index in [1.54, 1.807) is 6.08 Å². The molecule has 0 aromatic carbocycles. The van der Waals surface area contributed by atoms with E-state index in [0.29, 0.717) is 19.4 Å². The Kier molecular flexibility index (Phi) is 54.5. The van der Waals surface area contributed by atoms with Gasteiger partial charge in [-0.2, -0.15) is 0 Å². The molecule has 2 unspecified atom stereocenters. The number of rotatable bonds is 55. The van der Waals surface area contributed by atoms with Gasteiger partial charge in [0, 0.05) is 12.8 Å². The lowest BCUT2D eigenvalue weighted by Crippen LogP contribution is -2.45. The quantitative estimate of drug-likeness (QED) is 0.0321. The van der Waals surface area contributed by atoms with Gasteiger partial charge in [0.05, 0.1) is 25.4 Å². The number of carbonyl (C=O) groups is 2. The van der Waals surface area contributed by atoms with Crippen LogP contribution in [0.2, 0.25) is 0 Å². The number of amides is 1. The van der Waals surface area contributed by atoms with Crippen molar-refractivity contribution in [3.05, 3.63) is 24.3 Å². The van der Waals surface area contributed by atoms with Crippen LogP contribution in [-0.4, -0.2) is 47.4 Å². The Hall–Kier alpha value is -1.66. The van der Waals surface area contributed by atoms with Crippen molar-refractivity contribution < 1.29 is 24.5 Å². The fraction of sp³-hybridized carbons (Fsp3) is 0.900. The maximum Gasteiger partial charge on any atom is 0.305 e. The number of unbranched alkanes of at least 4 members (excludes halogenated alkanes) is 42. The summed E-state index contributed by atoms with van der Waals surface area (Å²) in [6, 6.07) is -0.630. The number of carbonyl (C=O) groups excluding carboxylic acids is 2. The average molecular weight is 931 g/mol. The molecule has 0 radical (unpaired) electrons. The molecule has 66 heavy (non-hydrogen) atoms. The first-order valence-corrected chi connectivity index (χ1v) is 29.6. The van der Waals surface area contributed by atoms with Gasteiger partial charge in [-0.05, 0) is 57.8 Å². The number of hydrogen-bond donors (Lipinski definition) is 3. The molecule has 0 aliphatic rings. The predicted octanol–water partition coefficient (Wildman–Crippen LogP) is 18.2. The molecule has 1 amide bonds. The summed E-state index contributed by atoms with van der Waals surface area (Å²) in [7, 11) is 0. The topological polar surface area (TPSA) is 95.9 Å². The normalized spacial score (nSPS) is 12.7. The summed E-state index contributed by atoms with van der Waals surface area (Å²) >= 11 is 0. The number of aliphatic hydroxyl groups is 2. The van der Waals surface area contributed by atoms with Gasteiger partial charge in [-0.3, -0.25) is 9.59 Å². The monoisotopic (exact) mass is 930 g/mol. The fourth-order valence-electron chi connectivity index (χ4n) is 9.16. The smallest absolute Gasteiger partial charge is 0.305 e. The Morgan fingerprint density at radius 3 is 1.08 bits per heavy atom. The predicted molar refractivity (Wildman–Crippen MR) is 287 cm³/mol. The van der Waals surface area contributed by atoms with Gasteiger partial charge in [0.15, 0.2) is 0 Å². The number of esters is 1. The third-order valence-electron chi connectivity index (χ3n) is 13.7. The van der Waals surface area contributed by atoms with Crippen LogP contribution in [0.5, 0.6) is 0 Å². The molecule has 0 heterocycles. The van der Waals surface area contributed by atoms with Crippen molar-refractivity contribution in [2.75, 3.05) is 13.2 Å².